The zero-order valence-electron chi connectivity index (χ0n) is 9.06. The fourth-order valence-corrected chi connectivity index (χ4v) is 0.995. The molecule has 1 aromatic rings. The summed E-state index contributed by atoms with van der Waals surface area (Å²) < 4.78 is 14.4. The highest BCUT2D eigenvalue weighted by Gasteiger charge is 2.03. The van der Waals surface area contributed by atoms with Gasteiger partial charge in [0.1, 0.15) is 11.5 Å². The number of carbonyl (C=O) groups is 2. The molecular weight excluding hydrogens is 212 g/mol. The van der Waals surface area contributed by atoms with Gasteiger partial charge in [0.2, 0.25) is 0 Å². The van der Waals surface area contributed by atoms with Crippen LogP contribution in [0.3, 0.4) is 0 Å². The van der Waals surface area contributed by atoms with Crippen LogP contribution in [0.15, 0.2) is 24.3 Å². The molecule has 5 nitrogen and oxygen atoms in total. The highest BCUT2D eigenvalue weighted by molar-refractivity contribution is 5.71. The molecule has 0 amide bonds. The molecular formula is C11H12O5. The van der Waals surface area contributed by atoms with Crippen LogP contribution in [0.5, 0.6) is 11.5 Å². The van der Waals surface area contributed by atoms with Crippen molar-refractivity contribution in [3.05, 3.63) is 24.3 Å². The summed E-state index contributed by atoms with van der Waals surface area (Å²) in [7, 11) is 1.28. The van der Waals surface area contributed by atoms with Crippen molar-refractivity contribution in [1.29, 1.82) is 0 Å². The molecule has 0 aliphatic carbocycles. The highest BCUT2D eigenvalue weighted by Crippen LogP contribution is 2.19. The van der Waals surface area contributed by atoms with Crippen LogP contribution in [0, 0.1) is 0 Å². The van der Waals surface area contributed by atoms with E-state index in [1.165, 1.54) is 20.1 Å². The van der Waals surface area contributed by atoms with Crippen LogP contribution in [0.4, 0.5) is 0 Å². The second kappa shape index (κ2) is 5.75. The molecule has 0 atom stereocenters. The Morgan fingerprint density at radius 3 is 2.56 bits per heavy atom. The molecule has 1 rings (SSSR count). The lowest BCUT2D eigenvalue weighted by molar-refractivity contribution is -0.143. The average Bonchev–Trinajstić information content (AvgIpc) is 2.25. The fourth-order valence-electron chi connectivity index (χ4n) is 0.995. The lowest BCUT2D eigenvalue weighted by Gasteiger charge is -2.06. The summed E-state index contributed by atoms with van der Waals surface area (Å²) >= 11 is 0. The molecule has 5 heteroatoms. The first-order chi connectivity index (χ1) is 7.61. The Labute approximate surface area is 92.9 Å². The van der Waals surface area contributed by atoms with E-state index in [9.17, 15) is 9.59 Å². The number of methoxy groups -OCH3 is 1. The van der Waals surface area contributed by atoms with Crippen molar-refractivity contribution >= 4 is 11.9 Å². The van der Waals surface area contributed by atoms with Crippen molar-refractivity contribution in [2.45, 2.75) is 6.92 Å². The van der Waals surface area contributed by atoms with Gasteiger partial charge in [0.15, 0.2) is 6.61 Å². The topological polar surface area (TPSA) is 61.8 Å². The summed E-state index contributed by atoms with van der Waals surface area (Å²) in [6, 6.07) is 6.44. The van der Waals surface area contributed by atoms with Gasteiger partial charge in [-0.3, -0.25) is 4.79 Å². The van der Waals surface area contributed by atoms with Gasteiger partial charge in [-0.1, -0.05) is 6.07 Å². The van der Waals surface area contributed by atoms with E-state index < -0.39 is 11.9 Å². The zero-order valence-corrected chi connectivity index (χ0v) is 9.06. The smallest absolute Gasteiger partial charge is 0.343 e. The minimum Gasteiger partial charge on any atom is -0.482 e. The third-order valence-electron chi connectivity index (χ3n) is 1.65. The van der Waals surface area contributed by atoms with Crippen LogP contribution in [-0.2, 0) is 14.3 Å². The van der Waals surface area contributed by atoms with Crippen LogP contribution in [-0.4, -0.2) is 25.7 Å². The van der Waals surface area contributed by atoms with E-state index in [0.717, 1.165) is 0 Å². The van der Waals surface area contributed by atoms with Gasteiger partial charge in [-0.05, 0) is 12.1 Å². The van der Waals surface area contributed by atoms with Crippen molar-refractivity contribution in [2.24, 2.45) is 0 Å². The standard InChI is InChI=1S/C11H12O5/c1-8(12)16-10-5-3-4-9(6-10)15-7-11(13)14-2/h3-6H,7H2,1-2H3. The first kappa shape index (κ1) is 12.0. The molecule has 0 aromatic heterocycles. The van der Waals surface area contributed by atoms with Crippen LogP contribution < -0.4 is 9.47 Å². The van der Waals surface area contributed by atoms with E-state index in [0.29, 0.717) is 11.5 Å². The van der Waals surface area contributed by atoms with E-state index in [-0.39, 0.29) is 6.61 Å². The Hall–Kier alpha value is -2.04. The summed E-state index contributed by atoms with van der Waals surface area (Å²) in [5, 5.41) is 0. The number of carbonyl (C=O) groups excluding carboxylic acids is 2. The quantitative estimate of drug-likeness (QED) is 0.567. The average molecular weight is 224 g/mol. The molecule has 1 aromatic carbocycles. The summed E-state index contributed by atoms with van der Waals surface area (Å²) in [6.07, 6.45) is 0. The third kappa shape index (κ3) is 4.00. The van der Waals surface area contributed by atoms with Gasteiger partial charge in [-0.2, -0.15) is 0 Å². The largest absolute Gasteiger partial charge is 0.482 e. The number of esters is 2. The van der Waals surface area contributed by atoms with Gasteiger partial charge in [-0.15, -0.1) is 0 Å². The number of rotatable bonds is 4. The van der Waals surface area contributed by atoms with Gasteiger partial charge < -0.3 is 14.2 Å². The number of hydrogen-bond donors (Lipinski definition) is 0. The summed E-state index contributed by atoms with van der Waals surface area (Å²) in [5.74, 6) is -0.0815. The van der Waals surface area contributed by atoms with Crippen molar-refractivity contribution in [3.63, 3.8) is 0 Å². The van der Waals surface area contributed by atoms with E-state index in [4.69, 9.17) is 9.47 Å². The van der Waals surface area contributed by atoms with E-state index in [2.05, 4.69) is 4.74 Å². The molecule has 0 N–H and O–H groups in total. The summed E-state index contributed by atoms with van der Waals surface area (Å²) in [4.78, 5) is 21.5. The van der Waals surface area contributed by atoms with Gasteiger partial charge >= 0.3 is 11.9 Å². The number of benzene rings is 1. The third-order valence-corrected chi connectivity index (χ3v) is 1.65. The molecule has 0 fully saturated rings. The molecule has 0 aliphatic rings. The SMILES string of the molecule is COC(=O)COc1cccc(OC(C)=O)c1. The Balaban J connectivity index is 2.60. The number of hydrogen-bond acceptors (Lipinski definition) is 5. The Morgan fingerprint density at radius 2 is 1.94 bits per heavy atom. The predicted molar refractivity (Wildman–Crippen MR) is 55.3 cm³/mol. The Morgan fingerprint density at radius 1 is 1.25 bits per heavy atom. The second-order valence-electron chi connectivity index (χ2n) is 2.93. The predicted octanol–water partition coefficient (Wildman–Crippen LogP) is 1.16. The molecule has 0 saturated heterocycles. The molecule has 0 radical (unpaired) electrons. The van der Waals surface area contributed by atoms with Crippen LogP contribution >= 0.6 is 0 Å². The van der Waals surface area contributed by atoms with Gasteiger partial charge in [-0.25, -0.2) is 4.79 Å². The molecule has 0 unspecified atom stereocenters. The summed E-state index contributed by atoms with van der Waals surface area (Å²) in [6.45, 7) is 1.13. The summed E-state index contributed by atoms with van der Waals surface area (Å²) in [5.41, 5.74) is 0. The first-order valence-corrected chi connectivity index (χ1v) is 4.60. The molecule has 0 aliphatic heterocycles. The molecule has 16 heavy (non-hydrogen) atoms. The van der Waals surface area contributed by atoms with Gasteiger partial charge in [0.25, 0.3) is 0 Å². The molecule has 86 valence electrons. The van der Waals surface area contributed by atoms with Gasteiger partial charge in [0.05, 0.1) is 7.11 Å². The molecule has 0 bridgehead atoms. The molecule has 0 saturated carbocycles. The van der Waals surface area contributed by atoms with Crippen LogP contribution in [0.2, 0.25) is 0 Å². The Kier molecular flexibility index (Phi) is 4.32. The second-order valence-corrected chi connectivity index (χ2v) is 2.93. The van der Waals surface area contributed by atoms with E-state index >= 15 is 0 Å². The maximum absolute atomic E-state index is 10.8. The number of ether oxygens (including phenoxy) is 3. The van der Waals surface area contributed by atoms with Crippen molar-refractivity contribution in [3.8, 4) is 11.5 Å². The fraction of sp³-hybridized carbons (Fsp3) is 0.273. The van der Waals surface area contributed by atoms with Crippen LogP contribution in [0.25, 0.3) is 0 Å². The van der Waals surface area contributed by atoms with Gasteiger partial charge in [0, 0.05) is 13.0 Å². The lowest BCUT2D eigenvalue weighted by Crippen LogP contribution is -2.12. The molecule has 0 spiro atoms. The molecule has 0 heterocycles. The Bertz CT molecular complexity index is 386. The van der Waals surface area contributed by atoms with E-state index in [1.54, 1.807) is 18.2 Å². The van der Waals surface area contributed by atoms with Crippen molar-refractivity contribution in [2.75, 3.05) is 13.7 Å². The zero-order chi connectivity index (χ0) is 12.0. The maximum Gasteiger partial charge on any atom is 0.343 e. The lowest BCUT2D eigenvalue weighted by atomic mass is 10.3. The van der Waals surface area contributed by atoms with Crippen LogP contribution in [0.1, 0.15) is 6.92 Å². The van der Waals surface area contributed by atoms with Crippen molar-refractivity contribution < 1.29 is 23.8 Å². The van der Waals surface area contributed by atoms with Crippen molar-refractivity contribution in [1.82, 2.24) is 0 Å². The maximum atomic E-state index is 10.8. The normalized spacial score (nSPS) is 9.38. The monoisotopic (exact) mass is 224 g/mol. The highest BCUT2D eigenvalue weighted by atomic mass is 16.6. The minimum absolute atomic E-state index is 0.181. The minimum atomic E-state index is -0.474. The first-order valence-electron chi connectivity index (χ1n) is 4.60. The van der Waals surface area contributed by atoms with E-state index in [1.807, 2.05) is 0 Å².